The molecule has 0 radical (unpaired) electrons. The van der Waals surface area contributed by atoms with Gasteiger partial charge in [-0.15, -0.1) is 0 Å². The van der Waals surface area contributed by atoms with Gasteiger partial charge in [0.25, 0.3) is 0 Å². The second-order valence-corrected chi connectivity index (χ2v) is 5.52. The first-order chi connectivity index (χ1) is 9.88. The van der Waals surface area contributed by atoms with Gasteiger partial charge in [-0.3, -0.25) is 9.59 Å². The average Bonchev–Trinajstić information content (AvgIpc) is 2.41. The van der Waals surface area contributed by atoms with Crippen molar-refractivity contribution in [2.45, 2.75) is 26.7 Å². The SMILES string of the molecule is CC1=C(C)C[C@@H](C(=O)O)[C@@H](C(=O)Nc2cccc(F)c2)C1. The lowest BCUT2D eigenvalue weighted by molar-refractivity contribution is -0.146. The number of carbonyl (C=O) groups excluding carboxylic acids is 1. The molecule has 0 saturated carbocycles. The van der Waals surface area contributed by atoms with Crippen molar-refractivity contribution in [1.29, 1.82) is 0 Å². The van der Waals surface area contributed by atoms with Crippen molar-refractivity contribution in [2.75, 3.05) is 5.32 Å². The molecule has 0 fully saturated rings. The van der Waals surface area contributed by atoms with Gasteiger partial charge >= 0.3 is 5.97 Å². The van der Waals surface area contributed by atoms with E-state index in [0.29, 0.717) is 18.5 Å². The Morgan fingerprint density at radius 1 is 1.19 bits per heavy atom. The zero-order valence-electron chi connectivity index (χ0n) is 12.0. The number of hydrogen-bond acceptors (Lipinski definition) is 2. The minimum Gasteiger partial charge on any atom is -0.481 e. The van der Waals surface area contributed by atoms with Crippen molar-refractivity contribution < 1.29 is 19.1 Å². The summed E-state index contributed by atoms with van der Waals surface area (Å²) in [6.45, 7) is 3.81. The van der Waals surface area contributed by atoms with Gasteiger partial charge in [-0.05, 0) is 44.9 Å². The van der Waals surface area contributed by atoms with Gasteiger partial charge in [0.2, 0.25) is 5.91 Å². The lowest BCUT2D eigenvalue weighted by Crippen LogP contribution is -2.36. The van der Waals surface area contributed by atoms with Crippen molar-refractivity contribution in [2.24, 2.45) is 11.8 Å². The maximum absolute atomic E-state index is 13.1. The number of benzene rings is 1. The molecule has 0 unspecified atom stereocenters. The van der Waals surface area contributed by atoms with Crippen LogP contribution in [0.3, 0.4) is 0 Å². The summed E-state index contributed by atoms with van der Waals surface area (Å²) >= 11 is 0. The molecular weight excluding hydrogens is 273 g/mol. The number of carboxylic acid groups (broad SMARTS) is 1. The number of hydrogen-bond donors (Lipinski definition) is 2. The Hall–Kier alpha value is -2.17. The minimum atomic E-state index is -0.971. The molecule has 2 atom stereocenters. The highest BCUT2D eigenvalue weighted by Crippen LogP contribution is 2.35. The molecule has 112 valence electrons. The molecule has 2 N–H and O–H groups in total. The van der Waals surface area contributed by atoms with E-state index in [1.54, 1.807) is 6.07 Å². The van der Waals surface area contributed by atoms with E-state index >= 15 is 0 Å². The predicted octanol–water partition coefficient (Wildman–Crippen LogP) is 3.21. The number of allylic oxidation sites excluding steroid dienone is 2. The van der Waals surface area contributed by atoms with Crippen LogP contribution in [0.4, 0.5) is 10.1 Å². The van der Waals surface area contributed by atoms with Crippen molar-refractivity contribution in [3.05, 3.63) is 41.2 Å². The van der Waals surface area contributed by atoms with E-state index in [1.807, 2.05) is 13.8 Å². The van der Waals surface area contributed by atoms with Crippen LogP contribution in [-0.2, 0) is 9.59 Å². The Morgan fingerprint density at radius 3 is 2.38 bits per heavy atom. The normalized spacial score (nSPS) is 22.0. The maximum Gasteiger partial charge on any atom is 0.307 e. The number of amides is 1. The summed E-state index contributed by atoms with van der Waals surface area (Å²) in [5.74, 6) is -3.16. The fraction of sp³-hybridized carbons (Fsp3) is 0.375. The molecule has 4 nitrogen and oxygen atoms in total. The average molecular weight is 291 g/mol. The van der Waals surface area contributed by atoms with Crippen LogP contribution in [0, 0.1) is 17.7 Å². The van der Waals surface area contributed by atoms with Crippen LogP contribution in [0.5, 0.6) is 0 Å². The van der Waals surface area contributed by atoms with Gasteiger partial charge in [-0.2, -0.15) is 0 Å². The van der Waals surface area contributed by atoms with Crippen molar-refractivity contribution >= 4 is 17.6 Å². The molecular formula is C16H18FNO3. The Morgan fingerprint density at radius 2 is 1.81 bits per heavy atom. The molecule has 0 spiro atoms. The molecule has 21 heavy (non-hydrogen) atoms. The fourth-order valence-corrected chi connectivity index (χ4v) is 2.63. The molecule has 0 saturated heterocycles. The summed E-state index contributed by atoms with van der Waals surface area (Å²) in [6, 6.07) is 5.57. The minimum absolute atomic E-state index is 0.341. The highest BCUT2D eigenvalue weighted by Gasteiger charge is 2.37. The molecule has 2 rings (SSSR count). The summed E-state index contributed by atoms with van der Waals surface area (Å²) in [7, 11) is 0. The van der Waals surface area contributed by atoms with Crippen LogP contribution in [0.2, 0.25) is 0 Å². The van der Waals surface area contributed by atoms with E-state index < -0.39 is 23.6 Å². The molecule has 5 heteroatoms. The van der Waals surface area contributed by atoms with Crippen molar-refractivity contribution in [3.63, 3.8) is 0 Å². The van der Waals surface area contributed by atoms with Crippen LogP contribution in [0.1, 0.15) is 26.7 Å². The third-order valence-corrected chi connectivity index (χ3v) is 4.01. The Labute approximate surface area is 122 Å². The van der Waals surface area contributed by atoms with Gasteiger partial charge in [0, 0.05) is 5.69 Å². The van der Waals surface area contributed by atoms with Crippen LogP contribution in [0.15, 0.2) is 35.4 Å². The summed E-state index contributed by atoms with van der Waals surface area (Å²) in [4.78, 5) is 23.7. The van der Waals surface area contributed by atoms with Gasteiger partial charge in [0.15, 0.2) is 0 Å². The summed E-state index contributed by atoms with van der Waals surface area (Å²) in [6.07, 6.45) is 0.798. The number of anilines is 1. The molecule has 0 bridgehead atoms. The van der Waals surface area contributed by atoms with E-state index in [4.69, 9.17) is 0 Å². The van der Waals surface area contributed by atoms with Crippen LogP contribution in [-0.4, -0.2) is 17.0 Å². The first-order valence-electron chi connectivity index (χ1n) is 6.83. The first-order valence-corrected chi connectivity index (χ1v) is 6.83. The number of carbonyl (C=O) groups is 2. The van der Waals surface area contributed by atoms with Crippen molar-refractivity contribution in [3.8, 4) is 0 Å². The zero-order valence-corrected chi connectivity index (χ0v) is 12.0. The molecule has 1 aliphatic carbocycles. The highest BCUT2D eigenvalue weighted by atomic mass is 19.1. The summed E-state index contributed by atoms with van der Waals surface area (Å²) < 4.78 is 13.1. The second kappa shape index (κ2) is 6.08. The van der Waals surface area contributed by atoms with Crippen LogP contribution in [0.25, 0.3) is 0 Å². The van der Waals surface area contributed by atoms with E-state index in [2.05, 4.69) is 5.32 Å². The van der Waals surface area contributed by atoms with Crippen LogP contribution >= 0.6 is 0 Å². The topological polar surface area (TPSA) is 66.4 Å². The maximum atomic E-state index is 13.1. The molecule has 0 aliphatic heterocycles. The molecule has 1 amide bonds. The number of carboxylic acids is 1. The largest absolute Gasteiger partial charge is 0.481 e. The lowest BCUT2D eigenvalue weighted by Gasteiger charge is -2.29. The summed E-state index contributed by atoms with van der Waals surface area (Å²) in [5, 5.41) is 11.9. The number of nitrogens with one attached hydrogen (secondary N) is 1. The van der Waals surface area contributed by atoms with E-state index in [0.717, 1.165) is 11.1 Å². The molecule has 1 aliphatic rings. The van der Waals surface area contributed by atoms with Gasteiger partial charge in [0.05, 0.1) is 11.8 Å². The van der Waals surface area contributed by atoms with E-state index in [1.165, 1.54) is 18.2 Å². The second-order valence-electron chi connectivity index (χ2n) is 5.52. The van der Waals surface area contributed by atoms with E-state index in [-0.39, 0.29) is 5.91 Å². The van der Waals surface area contributed by atoms with Gasteiger partial charge < -0.3 is 10.4 Å². The molecule has 0 heterocycles. The predicted molar refractivity (Wildman–Crippen MR) is 77.3 cm³/mol. The van der Waals surface area contributed by atoms with Crippen molar-refractivity contribution in [1.82, 2.24) is 0 Å². The fourth-order valence-electron chi connectivity index (χ4n) is 2.63. The first kappa shape index (κ1) is 15.2. The smallest absolute Gasteiger partial charge is 0.307 e. The lowest BCUT2D eigenvalue weighted by atomic mass is 9.76. The Kier molecular flexibility index (Phi) is 4.40. The number of aliphatic carboxylic acids is 1. The third-order valence-electron chi connectivity index (χ3n) is 4.01. The zero-order chi connectivity index (χ0) is 15.6. The molecule has 0 aromatic heterocycles. The Balaban J connectivity index is 2.18. The molecule has 1 aromatic rings. The molecule has 1 aromatic carbocycles. The van der Waals surface area contributed by atoms with Gasteiger partial charge in [-0.1, -0.05) is 17.2 Å². The number of rotatable bonds is 3. The van der Waals surface area contributed by atoms with E-state index in [9.17, 15) is 19.1 Å². The standard InChI is InChI=1S/C16H18FNO3/c1-9-6-13(14(16(20)21)7-10(9)2)15(19)18-12-5-3-4-11(17)8-12/h3-5,8,13-14H,6-7H2,1-2H3,(H,18,19)(H,20,21)/t13-,14+/m0/s1. The number of halogens is 1. The Bertz CT molecular complexity index is 609. The van der Waals surface area contributed by atoms with Crippen LogP contribution < -0.4 is 5.32 Å². The highest BCUT2D eigenvalue weighted by molar-refractivity contribution is 5.95. The monoisotopic (exact) mass is 291 g/mol. The van der Waals surface area contributed by atoms with Gasteiger partial charge in [0.1, 0.15) is 5.82 Å². The third kappa shape index (κ3) is 3.48. The summed E-state index contributed by atoms with van der Waals surface area (Å²) in [5.41, 5.74) is 2.41. The van der Waals surface area contributed by atoms with Gasteiger partial charge in [-0.25, -0.2) is 4.39 Å². The quantitative estimate of drug-likeness (QED) is 0.840.